The molecule has 0 aliphatic heterocycles. The van der Waals surface area contributed by atoms with E-state index in [1.54, 1.807) is 29.5 Å². The van der Waals surface area contributed by atoms with Crippen molar-refractivity contribution in [3.05, 3.63) is 59.1 Å². The van der Waals surface area contributed by atoms with Crippen LogP contribution in [-0.2, 0) is 11.3 Å². The molecule has 28 heavy (non-hydrogen) atoms. The number of hydrogen-bond donors (Lipinski definition) is 2. The van der Waals surface area contributed by atoms with E-state index in [4.69, 9.17) is 4.74 Å². The van der Waals surface area contributed by atoms with E-state index in [1.165, 1.54) is 0 Å². The van der Waals surface area contributed by atoms with Crippen LogP contribution < -0.4 is 15.4 Å². The second kappa shape index (κ2) is 9.85. The van der Waals surface area contributed by atoms with Gasteiger partial charge in [-0.1, -0.05) is 24.3 Å². The fourth-order valence-corrected chi connectivity index (χ4v) is 3.65. The Hall–Kier alpha value is -2.93. The zero-order valence-electron chi connectivity index (χ0n) is 15.7. The van der Waals surface area contributed by atoms with Gasteiger partial charge in [-0.25, -0.2) is 4.98 Å². The highest BCUT2D eigenvalue weighted by atomic mass is 32.1. The number of amides is 2. The van der Waals surface area contributed by atoms with Gasteiger partial charge in [0.15, 0.2) is 0 Å². The summed E-state index contributed by atoms with van der Waals surface area (Å²) in [4.78, 5) is 28.8. The molecule has 0 atom stereocenters. The molecule has 7 heteroatoms. The summed E-state index contributed by atoms with van der Waals surface area (Å²) in [5.41, 5.74) is 1.46. The van der Waals surface area contributed by atoms with Crippen LogP contribution in [0.25, 0.3) is 10.2 Å². The third-order valence-corrected chi connectivity index (χ3v) is 5.11. The molecule has 0 spiro atoms. The minimum absolute atomic E-state index is 0.0526. The van der Waals surface area contributed by atoms with E-state index in [2.05, 4.69) is 15.6 Å². The molecule has 1 heterocycles. The van der Waals surface area contributed by atoms with Crippen molar-refractivity contribution in [2.75, 3.05) is 13.2 Å². The highest BCUT2D eigenvalue weighted by molar-refractivity contribution is 7.18. The molecular formula is C21H23N3O3S. The molecule has 0 saturated heterocycles. The Labute approximate surface area is 167 Å². The van der Waals surface area contributed by atoms with Gasteiger partial charge in [-0.15, -0.1) is 11.3 Å². The van der Waals surface area contributed by atoms with Gasteiger partial charge < -0.3 is 15.4 Å². The first-order valence-electron chi connectivity index (χ1n) is 9.28. The first kappa shape index (κ1) is 19.8. The number of ether oxygens (including phenoxy) is 1. The van der Waals surface area contributed by atoms with Crippen LogP contribution in [0, 0.1) is 0 Å². The molecule has 2 amide bonds. The van der Waals surface area contributed by atoms with Crippen molar-refractivity contribution < 1.29 is 14.3 Å². The first-order chi connectivity index (χ1) is 13.7. The Bertz CT molecular complexity index is 922. The lowest BCUT2D eigenvalue weighted by Crippen LogP contribution is -2.27. The average Bonchev–Trinajstić information content (AvgIpc) is 3.13. The van der Waals surface area contributed by atoms with Crippen molar-refractivity contribution >= 4 is 33.4 Å². The van der Waals surface area contributed by atoms with Crippen molar-refractivity contribution in [1.82, 2.24) is 15.6 Å². The predicted molar refractivity (Wildman–Crippen MR) is 111 cm³/mol. The predicted octanol–water partition coefficient (Wildman–Crippen LogP) is 3.52. The number of benzene rings is 2. The van der Waals surface area contributed by atoms with Gasteiger partial charge in [0.05, 0.1) is 28.9 Å². The second-order valence-electron chi connectivity index (χ2n) is 6.14. The molecule has 0 saturated carbocycles. The lowest BCUT2D eigenvalue weighted by molar-refractivity contribution is -0.121. The maximum atomic E-state index is 12.3. The van der Waals surface area contributed by atoms with Crippen molar-refractivity contribution in [1.29, 1.82) is 0 Å². The summed E-state index contributed by atoms with van der Waals surface area (Å²) in [6.07, 6.45) is 0.909. The molecule has 0 radical (unpaired) electrons. The number of fused-ring (bicyclic) bond motifs is 1. The van der Waals surface area contributed by atoms with E-state index in [9.17, 15) is 9.59 Å². The van der Waals surface area contributed by atoms with Crippen LogP contribution >= 0.6 is 11.3 Å². The first-order valence-corrected chi connectivity index (χ1v) is 10.1. The van der Waals surface area contributed by atoms with Gasteiger partial charge in [0.25, 0.3) is 5.91 Å². The van der Waals surface area contributed by atoms with Crippen LogP contribution in [0.1, 0.15) is 35.1 Å². The van der Waals surface area contributed by atoms with Crippen molar-refractivity contribution in [3.8, 4) is 5.75 Å². The monoisotopic (exact) mass is 397 g/mol. The lowest BCUT2D eigenvalue weighted by Gasteiger charge is -2.10. The molecule has 6 nitrogen and oxygen atoms in total. The van der Waals surface area contributed by atoms with Gasteiger partial charge >= 0.3 is 0 Å². The molecule has 3 aromatic rings. The Morgan fingerprint density at radius 3 is 2.68 bits per heavy atom. The minimum Gasteiger partial charge on any atom is -0.493 e. The molecule has 0 unspecified atom stereocenters. The number of para-hydroxylation sites is 2. The number of rotatable bonds is 9. The molecule has 146 valence electrons. The smallest absolute Gasteiger partial charge is 0.255 e. The van der Waals surface area contributed by atoms with E-state index in [0.717, 1.165) is 15.2 Å². The molecule has 0 aliphatic carbocycles. The van der Waals surface area contributed by atoms with E-state index in [0.29, 0.717) is 43.9 Å². The van der Waals surface area contributed by atoms with E-state index < -0.39 is 0 Å². The topological polar surface area (TPSA) is 80.3 Å². The van der Waals surface area contributed by atoms with E-state index in [1.807, 2.05) is 37.3 Å². The van der Waals surface area contributed by atoms with Crippen molar-refractivity contribution in [2.24, 2.45) is 0 Å². The van der Waals surface area contributed by atoms with Gasteiger partial charge in [0.1, 0.15) is 10.8 Å². The molecule has 2 aromatic carbocycles. The Balaban J connectivity index is 1.39. The Morgan fingerprint density at radius 1 is 1.07 bits per heavy atom. The zero-order valence-corrected chi connectivity index (χ0v) is 16.6. The average molecular weight is 398 g/mol. The summed E-state index contributed by atoms with van der Waals surface area (Å²) in [7, 11) is 0. The summed E-state index contributed by atoms with van der Waals surface area (Å²) in [6.45, 7) is 3.22. The third-order valence-electron chi connectivity index (χ3n) is 4.07. The summed E-state index contributed by atoms with van der Waals surface area (Å²) in [5.74, 6) is 0.318. The number of nitrogens with zero attached hydrogens (tertiary/aromatic N) is 1. The number of aromatic nitrogens is 1. The van der Waals surface area contributed by atoms with Crippen LogP contribution in [0.2, 0.25) is 0 Å². The van der Waals surface area contributed by atoms with E-state index in [-0.39, 0.29) is 11.8 Å². The SMILES string of the molecule is CCOc1ccccc1C(=O)NCCCC(=O)NCc1nc2ccccc2s1. The molecule has 2 N–H and O–H groups in total. The van der Waals surface area contributed by atoms with Gasteiger partial charge in [0, 0.05) is 13.0 Å². The van der Waals surface area contributed by atoms with Crippen LogP contribution in [0.5, 0.6) is 5.75 Å². The fourth-order valence-electron chi connectivity index (χ4n) is 2.74. The molecule has 0 aliphatic rings. The Morgan fingerprint density at radius 2 is 1.86 bits per heavy atom. The normalized spacial score (nSPS) is 10.6. The number of hydrogen-bond acceptors (Lipinski definition) is 5. The van der Waals surface area contributed by atoms with Crippen LogP contribution in [0.4, 0.5) is 0 Å². The van der Waals surface area contributed by atoms with Crippen molar-refractivity contribution in [2.45, 2.75) is 26.3 Å². The zero-order chi connectivity index (χ0) is 19.8. The summed E-state index contributed by atoms with van der Waals surface area (Å²) in [5, 5.41) is 6.60. The quantitative estimate of drug-likeness (QED) is 0.542. The molecule has 1 aromatic heterocycles. The fraction of sp³-hybridized carbons (Fsp3) is 0.286. The highest BCUT2D eigenvalue weighted by Crippen LogP contribution is 2.21. The molecular weight excluding hydrogens is 374 g/mol. The van der Waals surface area contributed by atoms with E-state index >= 15 is 0 Å². The van der Waals surface area contributed by atoms with Gasteiger partial charge in [-0.2, -0.15) is 0 Å². The number of nitrogens with one attached hydrogen (secondary N) is 2. The van der Waals surface area contributed by atoms with Crippen LogP contribution in [0.3, 0.4) is 0 Å². The van der Waals surface area contributed by atoms with Crippen molar-refractivity contribution in [3.63, 3.8) is 0 Å². The summed E-state index contributed by atoms with van der Waals surface area (Å²) >= 11 is 1.58. The minimum atomic E-state index is -0.195. The molecule has 3 rings (SSSR count). The van der Waals surface area contributed by atoms with Gasteiger partial charge in [-0.05, 0) is 37.6 Å². The number of thiazole rings is 1. The number of carbonyl (C=O) groups excluding carboxylic acids is 2. The van der Waals surface area contributed by atoms with Gasteiger partial charge in [-0.3, -0.25) is 9.59 Å². The maximum Gasteiger partial charge on any atom is 0.255 e. The highest BCUT2D eigenvalue weighted by Gasteiger charge is 2.11. The number of carbonyl (C=O) groups is 2. The molecule has 0 bridgehead atoms. The van der Waals surface area contributed by atoms with Crippen LogP contribution in [0.15, 0.2) is 48.5 Å². The largest absolute Gasteiger partial charge is 0.493 e. The summed E-state index contributed by atoms with van der Waals surface area (Å²) < 4.78 is 6.58. The standard InChI is InChI=1S/C21H23N3O3S/c1-2-27-17-10-5-3-8-15(17)21(26)22-13-7-12-19(25)23-14-20-24-16-9-4-6-11-18(16)28-20/h3-6,8-11H,2,7,12-14H2,1H3,(H,22,26)(H,23,25). The van der Waals surface area contributed by atoms with Crippen LogP contribution in [-0.4, -0.2) is 29.9 Å². The maximum absolute atomic E-state index is 12.3. The Kier molecular flexibility index (Phi) is 6.97. The lowest BCUT2D eigenvalue weighted by atomic mass is 10.2. The third kappa shape index (κ3) is 5.29. The second-order valence-corrected chi connectivity index (χ2v) is 7.26. The van der Waals surface area contributed by atoms with Gasteiger partial charge in [0.2, 0.25) is 5.91 Å². The summed E-state index contributed by atoms with van der Waals surface area (Å²) in [6, 6.07) is 15.0. The molecule has 0 fully saturated rings.